The van der Waals surface area contributed by atoms with Crippen LogP contribution in [-0.4, -0.2) is 16.9 Å². The van der Waals surface area contributed by atoms with Crippen molar-refractivity contribution in [2.24, 2.45) is 0 Å². The van der Waals surface area contributed by atoms with Crippen molar-refractivity contribution in [3.8, 4) is 0 Å². The van der Waals surface area contributed by atoms with Crippen LogP contribution in [0.15, 0.2) is 30.3 Å². The van der Waals surface area contributed by atoms with Crippen molar-refractivity contribution in [2.75, 3.05) is 5.33 Å². The zero-order valence-corrected chi connectivity index (χ0v) is 12.7. The van der Waals surface area contributed by atoms with Gasteiger partial charge in [0.15, 0.2) is 0 Å². The normalized spacial score (nSPS) is 11.8. The van der Waals surface area contributed by atoms with Gasteiger partial charge in [-0.25, -0.2) is 4.79 Å². The zero-order valence-electron chi connectivity index (χ0n) is 11.1. The van der Waals surface area contributed by atoms with E-state index < -0.39 is 5.60 Å². The molecule has 98 valence electrons. The Morgan fingerprint density at radius 3 is 2.72 bits per heavy atom. The summed E-state index contributed by atoms with van der Waals surface area (Å²) in [5.74, 6) is -0.279. The predicted molar refractivity (Wildman–Crippen MR) is 79.1 cm³/mol. The first-order valence-corrected chi connectivity index (χ1v) is 7.10. The van der Waals surface area contributed by atoms with Gasteiger partial charge < -0.3 is 4.74 Å². The maximum absolute atomic E-state index is 11.9. The molecule has 0 bridgehead atoms. The highest BCUT2D eigenvalue weighted by atomic mass is 79.9. The molecule has 0 saturated heterocycles. The van der Waals surface area contributed by atoms with Gasteiger partial charge >= 0.3 is 5.97 Å². The quantitative estimate of drug-likeness (QED) is 0.607. The van der Waals surface area contributed by atoms with Crippen LogP contribution >= 0.6 is 15.9 Å². The van der Waals surface area contributed by atoms with Crippen molar-refractivity contribution in [3.63, 3.8) is 0 Å². The molecule has 1 rings (SSSR count). The summed E-state index contributed by atoms with van der Waals surface area (Å²) in [7, 11) is 0. The fraction of sp³-hybridized carbons (Fsp3) is 0.400. The molecule has 0 radical (unpaired) electrons. The zero-order chi connectivity index (χ0) is 13.6. The van der Waals surface area contributed by atoms with Crippen LogP contribution in [0.1, 0.15) is 43.1 Å². The highest BCUT2D eigenvalue weighted by Crippen LogP contribution is 2.14. The molecule has 0 unspecified atom stereocenters. The first-order chi connectivity index (χ1) is 8.42. The molecule has 18 heavy (non-hydrogen) atoms. The maximum atomic E-state index is 11.9. The SMILES string of the molecule is CC(C)(C)OC(=O)c1cccc(C=CCCBr)c1. The van der Waals surface area contributed by atoms with Gasteiger partial charge in [0.25, 0.3) is 0 Å². The first kappa shape index (κ1) is 15.0. The van der Waals surface area contributed by atoms with E-state index in [1.165, 1.54) is 0 Å². The van der Waals surface area contributed by atoms with Crippen LogP contribution in [0.25, 0.3) is 6.08 Å². The van der Waals surface area contributed by atoms with E-state index in [2.05, 4.69) is 22.0 Å². The summed E-state index contributed by atoms with van der Waals surface area (Å²) in [6, 6.07) is 7.46. The number of alkyl halides is 1. The molecule has 0 aliphatic rings. The lowest BCUT2D eigenvalue weighted by molar-refractivity contribution is 0.00695. The number of benzene rings is 1. The third kappa shape index (κ3) is 5.50. The Balaban J connectivity index is 2.78. The van der Waals surface area contributed by atoms with E-state index in [0.29, 0.717) is 5.56 Å². The standard InChI is InChI=1S/C15H19BrO2/c1-15(2,3)18-14(17)13-9-6-8-12(11-13)7-4-5-10-16/h4,6-9,11H,5,10H2,1-3H3. The number of allylic oxidation sites excluding steroid dienone is 1. The van der Waals surface area contributed by atoms with Crippen molar-refractivity contribution >= 4 is 28.0 Å². The molecule has 2 nitrogen and oxygen atoms in total. The van der Waals surface area contributed by atoms with Crippen molar-refractivity contribution in [1.82, 2.24) is 0 Å². The van der Waals surface area contributed by atoms with E-state index in [4.69, 9.17) is 4.74 Å². The summed E-state index contributed by atoms with van der Waals surface area (Å²) in [6.45, 7) is 5.60. The average Bonchev–Trinajstić information content (AvgIpc) is 2.27. The highest BCUT2D eigenvalue weighted by molar-refractivity contribution is 9.09. The predicted octanol–water partition coefficient (Wildman–Crippen LogP) is 4.44. The van der Waals surface area contributed by atoms with E-state index in [9.17, 15) is 4.79 Å². The minimum Gasteiger partial charge on any atom is -0.456 e. The highest BCUT2D eigenvalue weighted by Gasteiger charge is 2.17. The minimum absolute atomic E-state index is 0.279. The molecular weight excluding hydrogens is 292 g/mol. The molecule has 0 aliphatic carbocycles. The number of rotatable bonds is 4. The molecule has 0 saturated carbocycles. The van der Waals surface area contributed by atoms with E-state index in [-0.39, 0.29) is 5.97 Å². The average molecular weight is 311 g/mol. The fourth-order valence-electron chi connectivity index (χ4n) is 1.39. The molecule has 0 N–H and O–H groups in total. The third-order valence-corrected chi connectivity index (χ3v) is 2.57. The van der Waals surface area contributed by atoms with Gasteiger partial charge in [-0.2, -0.15) is 0 Å². The number of carbonyl (C=O) groups is 1. The van der Waals surface area contributed by atoms with Crippen molar-refractivity contribution in [3.05, 3.63) is 41.5 Å². The van der Waals surface area contributed by atoms with Crippen LogP contribution in [0.5, 0.6) is 0 Å². The number of esters is 1. The lowest BCUT2D eigenvalue weighted by atomic mass is 10.1. The molecule has 1 aromatic rings. The summed E-state index contributed by atoms with van der Waals surface area (Å²) in [5, 5.41) is 0.940. The topological polar surface area (TPSA) is 26.3 Å². The van der Waals surface area contributed by atoms with Crippen LogP contribution in [0.3, 0.4) is 0 Å². The third-order valence-electron chi connectivity index (χ3n) is 2.11. The Morgan fingerprint density at radius 1 is 1.39 bits per heavy atom. The molecule has 1 aromatic carbocycles. The summed E-state index contributed by atoms with van der Waals surface area (Å²) >= 11 is 3.37. The Labute approximate surface area is 117 Å². The Kier molecular flexibility index (Phi) is 5.60. The number of ether oxygens (including phenoxy) is 1. The van der Waals surface area contributed by atoms with Gasteiger partial charge in [0.05, 0.1) is 5.56 Å². The molecule has 0 spiro atoms. The summed E-state index contributed by atoms with van der Waals surface area (Å²) < 4.78 is 5.33. The summed E-state index contributed by atoms with van der Waals surface area (Å²) in [5.41, 5.74) is 1.14. The van der Waals surface area contributed by atoms with E-state index in [1.54, 1.807) is 6.07 Å². The van der Waals surface area contributed by atoms with E-state index in [0.717, 1.165) is 17.3 Å². The van der Waals surface area contributed by atoms with Crippen LogP contribution in [-0.2, 0) is 4.74 Å². The van der Waals surface area contributed by atoms with Crippen LogP contribution in [0.2, 0.25) is 0 Å². The lowest BCUT2D eigenvalue weighted by Gasteiger charge is -2.19. The summed E-state index contributed by atoms with van der Waals surface area (Å²) in [6.07, 6.45) is 5.05. The number of hydrogen-bond acceptors (Lipinski definition) is 2. The molecule has 0 heterocycles. The van der Waals surface area contributed by atoms with Gasteiger partial charge in [-0.15, -0.1) is 0 Å². The first-order valence-electron chi connectivity index (χ1n) is 5.98. The van der Waals surface area contributed by atoms with Crippen LogP contribution < -0.4 is 0 Å². The molecule has 0 aliphatic heterocycles. The monoisotopic (exact) mass is 310 g/mol. The lowest BCUT2D eigenvalue weighted by Crippen LogP contribution is -2.23. The Morgan fingerprint density at radius 2 is 2.11 bits per heavy atom. The van der Waals surface area contributed by atoms with Gasteiger partial charge in [-0.1, -0.05) is 40.2 Å². The second kappa shape index (κ2) is 6.74. The second-order valence-electron chi connectivity index (χ2n) is 5.01. The fourth-order valence-corrected chi connectivity index (χ4v) is 1.65. The van der Waals surface area contributed by atoms with Crippen molar-refractivity contribution in [2.45, 2.75) is 32.8 Å². The number of halogens is 1. The summed E-state index contributed by atoms with van der Waals surface area (Å²) in [4.78, 5) is 11.9. The molecule has 0 amide bonds. The van der Waals surface area contributed by atoms with E-state index >= 15 is 0 Å². The van der Waals surface area contributed by atoms with Crippen LogP contribution in [0, 0.1) is 0 Å². The minimum atomic E-state index is -0.459. The van der Waals surface area contributed by atoms with Gasteiger partial charge in [-0.05, 0) is 44.9 Å². The smallest absolute Gasteiger partial charge is 0.338 e. The Bertz CT molecular complexity index is 430. The molecular formula is C15H19BrO2. The maximum Gasteiger partial charge on any atom is 0.338 e. The van der Waals surface area contributed by atoms with Crippen molar-refractivity contribution < 1.29 is 9.53 Å². The number of hydrogen-bond donors (Lipinski definition) is 0. The second-order valence-corrected chi connectivity index (χ2v) is 5.80. The molecule has 3 heteroatoms. The molecule has 0 aromatic heterocycles. The van der Waals surface area contributed by atoms with Crippen molar-refractivity contribution in [1.29, 1.82) is 0 Å². The Hall–Kier alpha value is -1.09. The molecule has 0 atom stereocenters. The van der Waals surface area contributed by atoms with Gasteiger partial charge in [-0.3, -0.25) is 0 Å². The van der Waals surface area contributed by atoms with Crippen LogP contribution in [0.4, 0.5) is 0 Å². The van der Waals surface area contributed by atoms with Gasteiger partial charge in [0.2, 0.25) is 0 Å². The van der Waals surface area contributed by atoms with Gasteiger partial charge in [0, 0.05) is 5.33 Å². The largest absolute Gasteiger partial charge is 0.456 e. The van der Waals surface area contributed by atoms with Gasteiger partial charge in [0.1, 0.15) is 5.60 Å². The van der Waals surface area contributed by atoms with E-state index in [1.807, 2.05) is 45.0 Å². The number of carbonyl (C=O) groups excluding carboxylic acids is 1. The molecule has 0 fully saturated rings.